The van der Waals surface area contributed by atoms with Gasteiger partial charge in [0.25, 0.3) is 0 Å². The standard InChI is InChI=1S/C26H39N5O/c1-5-27-26(28-18-21-9-8-10-22(17-21)20-30(2)3)29-19-25(31-15-6-7-16-31)23-11-13-24(32-4)14-12-23/h8-14,17,25H,5-7,15-16,18-20H2,1-4H3,(H2,27,28,29). The predicted octanol–water partition coefficient (Wildman–Crippen LogP) is 3.65. The van der Waals surface area contributed by atoms with Crippen molar-refractivity contribution >= 4 is 5.96 Å². The van der Waals surface area contributed by atoms with Gasteiger partial charge in [0.05, 0.1) is 19.7 Å². The summed E-state index contributed by atoms with van der Waals surface area (Å²) < 4.78 is 5.35. The second-order valence-electron chi connectivity index (χ2n) is 8.67. The number of benzene rings is 2. The molecule has 0 bridgehead atoms. The topological polar surface area (TPSA) is 52.1 Å². The predicted molar refractivity (Wildman–Crippen MR) is 133 cm³/mol. The normalized spacial score (nSPS) is 15.7. The monoisotopic (exact) mass is 437 g/mol. The molecular weight excluding hydrogens is 398 g/mol. The maximum atomic E-state index is 5.35. The molecule has 2 aromatic carbocycles. The van der Waals surface area contributed by atoms with E-state index in [1.54, 1.807) is 7.11 Å². The van der Waals surface area contributed by atoms with E-state index in [1.165, 1.54) is 29.5 Å². The second kappa shape index (κ2) is 12.5. The second-order valence-corrected chi connectivity index (χ2v) is 8.67. The van der Waals surface area contributed by atoms with E-state index in [0.29, 0.717) is 12.6 Å². The summed E-state index contributed by atoms with van der Waals surface area (Å²) in [5.41, 5.74) is 3.86. The number of nitrogens with one attached hydrogen (secondary N) is 2. The van der Waals surface area contributed by atoms with Crippen LogP contribution in [0.25, 0.3) is 0 Å². The highest BCUT2D eigenvalue weighted by atomic mass is 16.5. The fourth-order valence-electron chi connectivity index (χ4n) is 4.23. The Balaban J connectivity index is 1.68. The van der Waals surface area contributed by atoms with Gasteiger partial charge in [-0.05, 0) is 75.8 Å². The zero-order valence-corrected chi connectivity index (χ0v) is 20.1. The highest BCUT2D eigenvalue weighted by molar-refractivity contribution is 5.79. The number of nitrogens with zero attached hydrogens (tertiary/aromatic N) is 3. The van der Waals surface area contributed by atoms with E-state index < -0.39 is 0 Å². The summed E-state index contributed by atoms with van der Waals surface area (Å²) in [5.74, 6) is 1.76. The van der Waals surface area contributed by atoms with Gasteiger partial charge in [0.15, 0.2) is 5.96 Å². The Labute approximate surface area is 193 Å². The maximum absolute atomic E-state index is 5.35. The Morgan fingerprint density at radius 3 is 2.44 bits per heavy atom. The minimum Gasteiger partial charge on any atom is -0.497 e. The van der Waals surface area contributed by atoms with Crippen LogP contribution in [0.4, 0.5) is 0 Å². The Morgan fingerprint density at radius 1 is 1.06 bits per heavy atom. The molecule has 1 fully saturated rings. The van der Waals surface area contributed by atoms with Crippen LogP contribution in [0.5, 0.6) is 5.75 Å². The van der Waals surface area contributed by atoms with E-state index >= 15 is 0 Å². The van der Waals surface area contributed by atoms with Crippen LogP contribution in [0.15, 0.2) is 53.5 Å². The third kappa shape index (κ3) is 7.24. The molecule has 1 aliphatic rings. The van der Waals surface area contributed by atoms with Gasteiger partial charge in [-0.25, -0.2) is 4.99 Å². The Kier molecular flexibility index (Phi) is 9.38. The van der Waals surface area contributed by atoms with E-state index in [2.05, 4.69) is 90.0 Å². The molecule has 0 aromatic heterocycles. The molecule has 0 saturated carbocycles. The minimum absolute atomic E-state index is 0.315. The molecule has 2 N–H and O–H groups in total. The molecular formula is C26H39N5O. The molecule has 1 unspecified atom stereocenters. The van der Waals surface area contributed by atoms with E-state index in [4.69, 9.17) is 9.73 Å². The van der Waals surface area contributed by atoms with Crippen LogP contribution in [0.2, 0.25) is 0 Å². The first kappa shape index (κ1) is 24.1. The average molecular weight is 438 g/mol. The third-order valence-corrected chi connectivity index (χ3v) is 5.80. The van der Waals surface area contributed by atoms with Crippen LogP contribution >= 0.6 is 0 Å². The van der Waals surface area contributed by atoms with Crippen molar-refractivity contribution in [1.29, 1.82) is 0 Å². The van der Waals surface area contributed by atoms with Crippen molar-refractivity contribution in [2.75, 3.05) is 47.4 Å². The lowest BCUT2D eigenvalue weighted by Crippen LogP contribution is -2.42. The molecule has 0 amide bonds. The van der Waals surface area contributed by atoms with Gasteiger partial charge in [-0.15, -0.1) is 0 Å². The van der Waals surface area contributed by atoms with Crippen LogP contribution in [-0.4, -0.2) is 63.1 Å². The Bertz CT molecular complexity index is 844. The van der Waals surface area contributed by atoms with Crippen molar-refractivity contribution in [2.24, 2.45) is 4.99 Å². The molecule has 174 valence electrons. The fraction of sp³-hybridized carbons (Fsp3) is 0.500. The summed E-state index contributed by atoms with van der Waals surface area (Å²) in [6.07, 6.45) is 2.54. The van der Waals surface area contributed by atoms with E-state index in [0.717, 1.165) is 44.4 Å². The van der Waals surface area contributed by atoms with E-state index in [-0.39, 0.29) is 0 Å². The van der Waals surface area contributed by atoms with Crippen molar-refractivity contribution in [3.63, 3.8) is 0 Å². The number of aliphatic imine (C=N–C) groups is 1. The highest BCUT2D eigenvalue weighted by Gasteiger charge is 2.23. The van der Waals surface area contributed by atoms with Gasteiger partial charge in [0, 0.05) is 19.6 Å². The number of methoxy groups -OCH3 is 1. The summed E-state index contributed by atoms with van der Waals surface area (Å²) in [5, 5.41) is 7.01. The van der Waals surface area contributed by atoms with E-state index in [1.807, 2.05) is 0 Å². The summed E-state index contributed by atoms with van der Waals surface area (Å²) in [7, 11) is 5.90. The number of rotatable bonds is 10. The van der Waals surface area contributed by atoms with Gasteiger partial charge in [0.1, 0.15) is 5.75 Å². The molecule has 0 spiro atoms. The van der Waals surface area contributed by atoms with Crippen molar-refractivity contribution in [3.8, 4) is 5.75 Å². The lowest BCUT2D eigenvalue weighted by molar-refractivity contribution is 0.245. The molecule has 1 saturated heterocycles. The van der Waals surface area contributed by atoms with Crippen LogP contribution in [0, 0.1) is 0 Å². The Morgan fingerprint density at radius 2 is 1.78 bits per heavy atom. The van der Waals surface area contributed by atoms with Crippen LogP contribution in [0.1, 0.15) is 42.5 Å². The largest absolute Gasteiger partial charge is 0.497 e. The van der Waals surface area contributed by atoms with Gasteiger partial charge in [-0.2, -0.15) is 0 Å². The lowest BCUT2D eigenvalue weighted by Gasteiger charge is -2.29. The summed E-state index contributed by atoms with van der Waals surface area (Å²) in [4.78, 5) is 9.62. The van der Waals surface area contributed by atoms with Crippen LogP contribution in [0.3, 0.4) is 0 Å². The zero-order valence-electron chi connectivity index (χ0n) is 20.1. The van der Waals surface area contributed by atoms with Crippen molar-refractivity contribution in [3.05, 3.63) is 65.2 Å². The molecule has 0 radical (unpaired) electrons. The quantitative estimate of drug-likeness (QED) is 0.439. The fourth-order valence-corrected chi connectivity index (χ4v) is 4.23. The molecule has 1 heterocycles. The number of hydrogen-bond donors (Lipinski definition) is 2. The molecule has 2 aromatic rings. The molecule has 0 aliphatic carbocycles. The van der Waals surface area contributed by atoms with E-state index in [9.17, 15) is 0 Å². The van der Waals surface area contributed by atoms with Gasteiger partial charge >= 0.3 is 0 Å². The zero-order chi connectivity index (χ0) is 22.8. The lowest BCUT2D eigenvalue weighted by atomic mass is 10.1. The van der Waals surface area contributed by atoms with Gasteiger partial charge in [-0.1, -0.05) is 36.4 Å². The van der Waals surface area contributed by atoms with Crippen molar-refractivity contribution < 1.29 is 4.74 Å². The number of hydrogen-bond acceptors (Lipinski definition) is 4. The molecule has 6 nitrogen and oxygen atoms in total. The molecule has 3 rings (SSSR count). The van der Waals surface area contributed by atoms with Crippen molar-refractivity contribution in [2.45, 2.75) is 38.9 Å². The molecule has 6 heteroatoms. The number of guanidine groups is 1. The first-order valence-electron chi connectivity index (χ1n) is 11.7. The molecule has 1 atom stereocenters. The highest BCUT2D eigenvalue weighted by Crippen LogP contribution is 2.26. The first-order chi connectivity index (χ1) is 15.6. The Hall–Kier alpha value is -2.57. The first-order valence-corrected chi connectivity index (χ1v) is 11.7. The smallest absolute Gasteiger partial charge is 0.191 e. The third-order valence-electron chi connectivity index (χ3n) is 5.80. The van der Waals surface area contributed by atoms with Crippen LogP contribution in [-0.2, 0) is 13.1 Å². The summed E-state index contributed by atoms with van der Waals surface area (Å²) in [6.45, 7) is 7.65. The maximum Gasteiger partial charge on any atom is 0.191 e. The van der Waals surface area contributed by atoms with Gasteiger partial charge < -0.3 is 20.3 Å². The van der Waals surface area contributed by atoms with Crippen LogP contribution < -0.4 is 15.4 Å². The van der Waals surface area contributed by atoms with Crippen molar-refractivity contribution in [1.82, 2.24) is 20.4 Å². The molecule has 32 heavy (non-hydrogen) atoms. The average Bonchev–Trinajstić information content (AvgIpc) is 3.32. The minimum atomic E-state index is 0.315. The van der Waals surface area contributed by atoms with Gasteiger partial charge in [0.2, 0.25) is 0 Å². The summed E-state index contributed by atoms with van der Waals surface area (Å²) in [6, 6.07) is 17.5. The SMILES string of the molecule is CCNC(=NCc1cccc(CN(C)C)c1)NCC(c1ccc(OC)cc1)N1CCCC1. The summed E-state index contributed by atoms with van der Waals surface area (Å²) >= 11 is 0. The van der Waals surface area contributed by atoms with Gasteiger partial charge in [-0.3, -0.25) is 4.90 Å². The molecule has 1 aliphatic heterocycles. The number of likely N-dealkylation sites (tertiary alicyclic amines) is 1. The number of ether oxygens (including phenoxy) is 1.